The molecule has 0 radical (unpaired) electrons. The molecule has 0 aromatic heterocycles. The molecular formula is C12H11NO4S. The van der Waals surface area contributed by atoms with E-state index in [4.69, 9.17) is 0 Å². The molecule has 2 N–H and O–H groups in total. The first-order chi connectivity index (χ1) is 8.48. The van der Waals surface area contributed by atoms with E-state index in [1.807, 2.05) is 0 Å². The van der Waals surface area contributed by atoms with E-state index < -0.39 is 10.3 Å². The Hall–Kier alpha value is -2.05. The molecule has 0 atom stereocenters. The van der Waals surface area contributed by atoms with Crippen molar-refractivity contribution in [3.63, 3.8) is 0 Å². The molecule has 0 saturated carbocycles. The number of benzene rings is 2. The molecule has 0 aliphatic rings. The van der Waals surface area contributed by atoms with Gasteiger partial charge in [0.1, 0.15) is 5.75 Å². The predicted molar refractivity (Wildman–Crippen MR) is 68.2 cm³/mol. The highest BCUT2D eigenvalue weighted by Gasteiger charge is 2.21. The van der Waals surface area contributed by atoms with Crippen LogP contribution in [0.1, 0.15) is 0 Å². The molecule has 2 aromatic carbocycles. The zero-order valence-electron chi connectivity index (χ0n) is 9.26. The second kappa shape index (κ2) is 4.67. The van der Waals surface area contributed by atoms with Crippen LogP contribution in [0.2, 0.25) is 0 Å². The SMILES string of the molecule is O=S(=O)(O)N(c1ccccc1)c1cccc(O)c1. The molecule has 0 spiro atoms. The Morgan fingerprint density at radius 2 is 1.50 bits per heavy atom. The summed E-state index contributed by atoms with van der Waals surface area (Å²) in [5.74, 6) is -0.0860. The standard InChI is InChI=1S/C12H11NO4S/c14-12-8-4-7-11(9-12)13(18(15,16)17)10-5-2-1-3-6-10/h1-9,14H,(H,15,16,17). The Morgan fingerprint density at radius 1 is 0.889 bits per heavy atom. The maximum absolute atomic E-state index is 11.4. The molecule has 94 valence electrons. The monoisotopic (exact) mass is 265 g/mol. The van der Waals surface area contributed by atoms with Crippen LogP contribution in [0, 0.1) is 0 Å². The average Bonchev–Trinajstić information content (AvgIpc) is 2.28. The molecule has 5 nitrogen and oxygen atoms in total. The zero-order chi connectivity index (χ0) is 13.2. The second-order valence-corrected chi connectivity index (χ2v) is 4.86. The van der Waals surface area contributed by atoms with Crippen LogP contribution in [0.25, 0.3) is 0 Å². The van der Waals surface area contributed by atoms with Gasteiger partial charge in [-0.2, -0.15) is 8.42 Å². The molecule has 0 aliphatic heterocycles. The Kier molecular flexibility index (Phi) is 3.22. The molecule has 0 bridgehead atoms. The highest BCUT2D eigenvalue weighted by molar-refractivity contribution is 7.87. The van der Waals surface area contributed by atoms with Gasteiger partial charge in [-0.15, -0.1) is 0 Å². The maximum atomic E-state index is 11.4. The van der Waals surface area contributed by atoms with Crippen LogP contribution in [0.4, 0.5) is 11.4 Å². The van der Waals surface area contributed by atoms with Crippen LogP contribution in [-0.4, -0.2) is 18.1 Å². The molecule has 0 amide bonds. The number of rotatable bonds is 3. The van der Waals surface area contributed by atoms with E-state index >= 15 is 0 Å². The molecule has 0 fully saturated rings. The number of hydrogen-bond donors (Lipinski definition) is 2. The van der Waals surface area contributed by atoms with Gasteiger partial charge in [-0.25, -0.2) is 4.31 Å². The highest BCUT2D eigenvalue weighted by Crippen LogP contribution is 2.29. The summed E-state index contributed by atoms with van der Waals surface area (Å²) in [6.07, 6.45) is 0. The molecule has 2 rings (SSSR count). The van der Waals surface area contributed by atoms with Crippen molar-refractivity contribution in [1.82, 2.24) is 0 Å². The Balaban J connectivity index is 2.58. The molecule has 6 heteroatoms. The summed E-state index contributed by atoms with van der Waals surface area (Å²) in [5, 5.41) is 9.37. The van der Waals surface area contributed by atoms with Gasteiger partial charge < -0.3 is 5.11 Å². The number of aromatic hydroxyl groups is 1. The Morgan fingerprint density at radius 3 is 2.06 bits per heavy atom. The van der Waals surface area contributed by atoms with Gasteiger partial charge >= 0.3 is 10.3 Å². The van der Waals surface area contributed by atoms with Crippen molar-refractivity contribution in [2.45, 2.75) is 0 Å². The van der Waals surface area contributed by atoms with E-state index in [9.17, 15) is 18.1 Å². The number of phenolic OH excluding ortho intramolecular Hbond substituents is 1. The van der Waals surface area contributed by atoms with Crippen LogP contribution >= 0.6 is 0 Å². The van der Waals surface area contributed by atoms with Gasteiger partial charge in [0.05, 0.1) is 11.4 Å². The van der Waals surface area contributed by atoms with Crippen molar-refractivity contribution in [1.29, 1.82) is 0 Å². The summed E-state index contributed by atoms with van der Waals surface area (Å²) in [6.45, 7) is 0. The normalized spacial score (nSPS) is 11.2. The molecular weight excluding hydrogens is 254 g/mol. The topological polar surface area (TPSA) is 77.8 Å². The molecule has 0 aliphatic carbocycles. The van der Waals surface area contributed by atoms with Crippen molar-refractivity contribution in [3.05, 3.63) is 54.6 Å². The van der Waals surface area contributed by atoms with Crippen molar-refractivity contribution >= 4 is 21.7 Å². The lowest BCUT2D eigenvalue weighted by molar-refractivity contribution is 0.475. The second-order valence-electron chi connectivity index (χ2n) is 3.60. The first-order valence-corrected chi connectivity index (χ1v) is 6.50. The smallest absolute Gasteiger partial charge is 0.364 e. The summed E-state index contributed by atoms with van der Waals surface area (Å²) in [7, 11) is -4.47. The number of hydrogen-bond acceptors (Lipinski definition) is 3. The minimum Gasteiger partial charge on any atom is -0.508 e. The summed E-state index contributed by atoms with van der Waals surface area (Å²) in [6, 6.07) is 13.7. The van der Waals surface area contributed by atoms with E-state index in [0.717, 1.165) is 4.31 Å². The van der Waals surface area contributed by atoms with Crippen molar-refractivity contribution in [2.75, 3.05) is 4.31 Å². The van der Waals surface area contributed by atoms with Gasteiger partial charge in [0.25, 0.3) is 0 Å². The van der Waals surface area contributed by atoms with Gasteiger partial charge in [-0.1, -0.05) is 24.3 Å². The summed E-state index contributed by atoms with van der Waals surface area (Å²) in [5.41, 5.74) is 0.439. The van der Waals surface area contributed by atoms with E-state index in [-0.39, 0.29) is 17.1 Å². The maximum Gasteiger partial charge on any atom is 0.364 e. The average molecular weight is 265 g/mol. The minimum absolute atomic E-state index is 0.0860. The van der Waals surface area contributed by atoms with Gasteiger partial charge in [0.2, 0.25) is 0 Å². The first-order valence-electron chi connectivity index (χ1n) is 5.10. The summed E-state index contributed by atoms with van der Waals surface area (Å²) >= 11 is 0. The zero-order valence-corrected chi connectivity index (χ0v) is 10.1. The molecule has 2 aromatic rings. The fourth-order valence-corrected chi connectivity index (χ4v) is 2.37. The lowest BCUT2D eigenvalue weighted by Gasteiger charge is -2.20. The largest absolute Gasteiger partial charge is 0.508 e. The van der Waals surface area contributed by atoms with Crippen LogP contribution in [0.15, 0.2) is 54.6 Å². The number of nitrogens with zero attached hydrogens (tertiary/aromatic N) is 1. The van der Waals surface area contributed by atoms with Gasteiger partial charge in [-0.05, 0) is 24.3 Å². The number of para-hydroxylation sites is 1. The number of anilines is 2. The van der Waals surface area contributed by atoms with Crippen LogP contribution in [0.5, 0.6) is 5.75 Å². The molecule has 0 saturated heterocycles. The van der Waals surface area contributed by atoms with E-state index in [0.29, 0.717) is 0 Å². The van der Waals surface area contributed by atoms with E-state index in [2.05, 4.69) is 0 Å². The summed E-state index contributed by atoms with van der Waals surface area (Å²) in [4.78, 5) is 0. The van der Waals surface area contributed by atoms with Gasteiger partial charge in [-0.3, -0.25) is 4.55 Å². The van der Waals surface area contributed by atoms with Crippen LogP contribution in [-0.2, 0) is 10.3 Å². The summed E-state index contributed by atoms with van der Waals surface area (Å²) < 4.78 is 32.9. The highest BCUT2D eigenvalue weighted by atomic mass is 32.2. The fraction of sp³-hybridized carbons (Fsp3) is 0. The van der Waals surface area contributed by atoms with Gasteiger partial charge in [0.15, 0.2) is 0 Å². The fourth-order valence-electron chi connectivity index (χ4n) is 1.60. The third kappa shape index (κ3) is 2.61. The third-order valence-corrected chi connectivity index (χ3v) is 3.17. The Labute approximate surface area is 105 Å². The number of phenols is 1. The lowest BCUT2D eigenvalue weighted by atomic mass is 10.2. The molecule has 0 heterocycles. The molecule has 18 heavy (non-hydrogen) atoms. The third-order valence-electron chi connectivity index (χ3n) is 2.29. The first kappa shape index (κ1) is 12.4. The quantitative estimate of drug-likeness (QED) is 0.835. The molecule has 0 unspecified atom stereocenters. The van der Waals surface area contributed by atoms with Crippen LogP contribution < -0.4 is 4.31 Å². The van der Waals surface area contributed by atoms with Crippen molar-refractivity contribution in [3.8, 4) is 5.75 Å². The van der Waals surface area contributed by atoms with E-state index in [1.165, 1.54) is 36.4 Å². The van der Waals surface area contributed by atoms with E-state index in [1.54, 1.807) is 18.2 Å². The predicted octanol–water partition coefficient (Wildman–Crippen LogP) is 2.33. The Bertz CT molecular complexity index is 640. The van der Waals surface area contributed by atoms with Crippen LogP contribution in [0.3, 0.4) is 0 Å². The van der Waals surface area contributed by atoms with Crippen molar-refractivity contribution in [2.24, 2.45) is 0 Å². The van der Waals surface area contributed by atoms with Crippen molar-refractivity contribution < 1.29 is 18.1 Å². The lowest BCUT2D eigenvalue weighted by Crippen LogP contribution is -2.24. The minimum atomic E-state index is -4.47. The van der Waals surface area contributed by atoms with Gasteiger partial charge in [0, 0.05) is 6.07 Å².